The molecule has 1 aromatic rings. The van der Waals surface area contributed by atoms with Crippen LogP contribution in [0, 0.1) is 5.92 Å². The first kappa shape index (κ1) is 19.6. The molecule has 0 fully saturated rings. The maximum absolute atomic E-state index is 12.1. The normalized spacial score (nSPS) is 12.5. The Morgan fingerprint density at radius 3 is 2.21 bits per heavy atom. The number of alkyl halides is 3. The Morgan fingerprint density at radius 2 is 1.71 bits per heavy atom. The van der Waals surface area contributed by atoms with Gasteiger partial charge in [-0.3, -0.25) is 10.1 Å². The van der Waals surface area contributed by atoms with Crippen LogP contribution in [0.15, 0.2) is 24.3 Å². The number of amides is 3. The van der Waals surface area contributed by atoms with Gasteiger partial charge in [-0.25, -0.2) is 4.79 Å². The Balaban J connectivity index is 2.50. The van der Waals surface area contributed by atoms with E-state index in [1.807, 2.05) is 13.8 Å². The highest BCUT2D eigenvalue weighted by atomic mass is 19.4. The summed E-state index contributed by atoms with van der Waals surface area (Å²) < 4.78 is 39.9. The van der Waals surface area contributed by atoms with Crippen LogP contribution in [0.2, 0.25) is 0 Å². The van der Waals surface area contributed by atoms with Gasteiger partial charge >= 0.3 is 12.4 Å². The average Bonchev–Trinajstić information content (AvgIpc) is 2.45. The summed E-state index contributed by atoms with van der Waals surface area (Å²) in [5, 5.41) is 7.49. The lowest BCUT2D eigenvalue weighted by Crippen LogP contribution is -2.46. The van der Waals surface area contributed by atoms with Crippen LogP contribution in [0.3, 0.4) is 0 Å². The third-order valence-corrected chi connectivity index (χ3v) is 2.77. The zero-order valence-electron chi connectivity index (χ0n) is 13.5. The molecule has 0 saturated carbocycles. The number of carbonyl (C=O) groups is 2. The van der Waals surface area contributed by atoms with Gasteiger partial charge in [-0.15, -0.1) is 13.2 Å². The van der Waals surface area contributed by atoms with E-state index >= 15 is 0 Å². The summed E-state index contributed by atoms with van der Waals surface area (Å²) in [5.74, 6) is -0.677. The molecule has 6 nitrogen and oxygen atoms in total. The zero-order valence-corrected chi connectivity index (χ0v) is 13.5. The van der Waals surface area contributed by atoms with Crippen LogP contribution in [-0.4, -0.2) is 30.9 Å². The summed E-state index contributed by atoms with van der Waals surface area (Å²) in [6.07, 6.45) is -4.76. The van der Waals surface area contributed by atoms with E-state index in [1.54, 1.807) is 0 Å². The molecular weight excluding hydrogens is 327 g/mol. The maximum atomic E-state index is 12.1. The van der Waals surface area contributed by atoms with E-state index in [0.29, 0.717) is 12.2 Å². The standard InChI is InChI=1S/C15H20F3N3O3/c1-9(2)8-19-14(23)21-13(22)10(3)20-11-4-6-12(7-5-11)24-15(16,17)18/h4-7,9-10,20H,8H2,1-3H3,(H2,19,21,22,23)/t10-/m1/s1. The SMILES string of the molecule is CC(C)CNC(=O)NC(=O)[C@@H](C)Nc1ccc(OC(F)(F)F)cc1. The number of carbonyl (C=O) groups excluding carboxylic acids is 2. The van der Waals surface area contributed by atoms with Gasteiger partial charge in [0, 0.05) is 12.2 Å². The average molecular weight is 347 g/mol. The number of nitrogens with one attached hydrogen (secondary N) is 3. The number of hydrogen-bond acceptors (Lipinski definition) is 4. The quantitative estimate of drug-likeness (QED) is 0.739. The van der Waals surface area contributed by atoms with Crippen molar-refractivity contribution in [2.75, 3.05) is 11.9 Å². The number of hydrogen-bond donors (Lipinski definition) is 3. The molecule has 0 saturated heterocycles. The molecule has 1 rings (SSSR count). The summed E-state index contributed by atoms with van der Waals surface area (Å²) in [4.78, 5) is 23.3. The minimum atomic E-state index is -4.76. The third kappa shape index (κ3) is 7.70. The van der Waals surface area contributed by atoms with Crippen molar-refractivity contribution in [2.45, 2.75) is 33.2 Å². The van der Waals surface area contributed by atoms with Crippen molar-refractivity contribution in [3.05, 3.63) is 24.3 Å². The number of urea groups is 1. The van der Waals surface area contributed by atoms with Crippen LogP contribution >= 0.6 is 0 Å². The van der Waals surface area contributed by atoms with Crippen molar-refractivity contribution in [3.8, 4) is 5.75 Å². The van der Waals surface area contributed by atoms with Crippen molar-refractivity contribution < 1.29 is 27.5 Å². The second kappa shape index (κ2) is 8.42. The summed E-state index contributed by atoms with van der Waals surface area (Å²) in [6.45, 7) is 5.78. The number of halogens is 3. The molecular formula is C15H20F3N3O3. The van der Waals surface area contributed by atoms with Crippen LogP contribution in [0.5, 0.6) is 5.75 Å². The van der Waals surface area contributed by atoms with Gasteiger partial charge in [0.1, 0.15) is 11.8 Å². The molecule has 1 aromatic carbocycles. The highest BCUT2D eigenvalue weighted by Gasteiger charge is 2.31. The number of anilines is 1. The van der Waals surface area contributed by atoms with Crippen LogP contribution in [0.1, 0.15) is 20.8 Å². The smallest absolute Gasteiger partial charge is 0.406 e. The molecule has 0 aromatic heterocycles. The minimum Gasteiger partial charge on any atom is -0.406 e. The van der Waals surface area contributed by atoms with E-state index < -0.39 is 24.3 Å². The fourth-order valence-electron chi connectivity index (χ4n) is 1.63. The van der Waals surface area contributed by atoms with Crippen molar-refractivity contribution in [3.63, 3.8) is 0 Å². The van der Waals surface area contributed by atoms with E-state index in [1.165, 1.54) is 19.1 Å². The first-order chi connectivity index (χ1) is 11.1. The molecule has 0 heterocycles. The second-order valence-electron chi connectivity index (χ2n) is 5.53. The summed E-state index contributed by atoms with van der Waals surface area (Å²) in [6, 6.07) is 3.55. The van der Waals surface area contributed by atoms with Crippen LogP contribution < -0.4 is 20.7 Å². The Kier molecular flexibility index (Phi) is 6.87. The van der Waals surface area contributed by atoms with Crippen molar-refractivity contribution in [1.29, 1.82) is 0 Å². The van der Waals surface area contributed by atoms with Crippen LogP contribution in [0.25, 0.3) is 0 Å². The third-order valence-electron chi connectivity index (χ3n) is 2.77. The van der Waals surface area contributed by atoms with Gasteiger partial charge in [0.25, 0.3) is 0 Å². The van der Waals surface area contributed by atoms with Gasteiger partial charge in [0.2, 0.25) is 5.91 Å². The zero-order chi connectivity index (χ0) is 18.3. The van der Waals surface area contributed by atoms with E-state index in [2.05, 4.69) is 20.7 Å². The first-order valence-electron chi connectivity index (χ1n) is 7.28. The molecule has 0 bridgehead atoms. The van der Waals surface area contributed by atoms with E-state index in [-0.39, 0.29) is 11.7 Å². The predicted octanol–water partition coefficient (Wildman–Crippen LogP) is 2.87. The highest BCUT2D eigenvalue weighted by molar-refractivity contribution is 5.97. The summed E-state index contributed by atoms with van der Waals surface area (Å²) in [5.41, 5.74) is 0.412. The lowest BCUT2D eigenvalue weighted by Gasteiger charge is -2.16. The number of benzene rings is 1. The molecule has 0 aliphatic carbocycles. The minimum absolute atomic E-state index is 0.249. The lowest BCUT2D eigenvalue weighted by atomic mass is 10.2. The molecule has 0 radical (unpaired) electrons. The van der Waals surface area contributed by atoms with Crippen molar-refractivity contribution in [1.82, 2.24) is 10.6 Å². The van der Waals surface area contributed by atoms with Gasteiger partial charge in [-0.05, 0) is 37.1 Å². The molecule has 0 spiro atoms. The topological polar surface area (TPSA) is 79.5 Å². The maximum Gasteiger partial charge on any atom is 0.573 e. The van der Waals surface area contributed by atoms with Crippen molar-refractivity contribution >= 4 is 17.6 Å². The predicted molar refractivity (Wildman–Crippen MR) is 82.6 cm³/mol. The Bertz CT molecular complexity index is 559. The van der Waals surface area contributed by atoms with E-state index in [4.69, 9.17) is 0 Å². The monoisotopic (exact) mass is 347 g/mol. The Morgan fingerprint density at radius 1 is 1.12 bits per heavy atom. The van der Waals surface area contributed by atoms with Gasteiger partial charge in [0.15, 0.2) is 0 Å². The van der Waals surface area contributed by atoms with Gasteiger partial charge in [0.05, 0.1) is 0 Å². The summed E-state index contributed by atoms with van der Waals surface area (Å²) >= 11 is 0. The molecule has 0 unspecified atom stereocenters. The molecule has 1 atom stereocenters. The molecule has 134 valence electrons. The Hall–Kier alpha value is -2.45. The lowest BCUT2D eigenvalue weighted by molar-refractivity contribution is -0.274. The van der Waals surface area contributed by atoms with Gasteiger partial charge in [-0.1, -0.05) is 13.8 Å². The van der Waals surface area contributed by atoms with Crippen molar-refractivity contribution in [2.24, 2.45) is 5.92 Å². The molecule has 0 aliphatic heterocycles. The highest BCUT2D eigenvalue weighted by Crippen LogP contribution is 2.24. The van der Waals surface area contributed by atoms with Gasteiger partial charge < -0.3 is 15.4 Å². The number of imide groups is 1. The molecule has 24 heavy (non-hydrogen) atoms. The molecule has 0 aliphatic rings. The van der Waals surface area contributed by atoms with E-state index in [9.17, 15) is 22.8 Å². The molecule has 3 amide bonds. The fourth-order valence-corrected chi connectivity index (χ4v) is 1.63. The Labute approximate surface area is 137 Å². The number of rotatable bonds is 6. The summed E-state index contributed by atoms with van der Waals surface area (Å²) in [7, 11) is 0. The van der Waals surface area contributed by atoms with Crippen LogP contribution in [0.4, 0.5) is 23.7 Å². The van der Waals surface area contributed by atoms with Gasteiger partial charge in [-0.2, -0.15) is 0 Å². The van der Waals surface area contributed by atoms with E-state index in [0.717, 1.165) is 12.1 Å². The first-order valence-corrected chi connectivity index (χ1v) is 7.28. The van der Waals surface area contributed by atoms with Crippen LogP contribution in [-0.2, 0) is 4.79 Å². The second-order valence-corrected chi connectivity index (χ2v) is 5.53. The largest absolute Gasteiger partial charge is 0.573 e. The molecule has 9 heteroatoms. The number of ether oxygens (including phenoxy) is 1. The fraction of sp³-hybridized carbons (Fsp3) is 0.467. The molecule has 3 N–H and O–H groups in total.